The number of thioether (sulfide) groups is 1. The van der Waals surface area contributed by atoms with Gasteiger partial charge in [-0.05, 0) is 24.1 Å². The van der Waals surface area contributed by atoms with E-state index in [2.05, 4.69) is 5.32 Å². The molecule has 0 saturated carbocycles. The van der Waals surface area contributed by atoms with Gasteiger partial charge in [0.2, 0.25) is 5.91 Å². The zero-order valence-corrected chi connectivity index (χ0v) is 11.4. The minimum Gasteiger partial charge on any atom is -0.326 e. The minimum atomic E-state index is -0.0750. The number of anilines is 1. The van der Waals surface area contributed by atoms with Crippen LogP contribution in [0.2, 0.25) is 0 Å². The maximum Gasteiger partial charge on any atom is 0.221 e. The highest BCUT2D eigenvalue weighted by Gasteiger charge is 1.95. The van der Waals surface area contributed by atoms with E-state index in [-0.39, 0.29) is 11.0 Å². The van der Waals surface area contributed by atoms with Gasteiger partial charge in [-0.3, -0.25) is 9.59 Å². The fraction of sp³-hybridized carbons (Fsp3) is 0.286. The molecule has 0 aliphatic carbocycles. The number of rotatable bonds is 5. The van der Waals surface area contributed by atoms with Gasteiger partial charge in [0.05, 0.1) is 0 Å². The molecule has 0 saturated heterocycles. The molecule has 1 aromatic carbocycles. The van der Waals surface area contributed by atoms with E-state index in [4.69, 9.17) is 0 Å². The van der Waals surface area contributed by atoms with Gasteiger partial charge in [-0.25, -0.2) is 0 Å². The quantitative estimate of drug-likeness (QED) is 0.829. The molecule has 0 atom stereocenters. The Labute approximate surface area is 112 Å². The fourth-order valence-electron chi connectivity index (χ4n) is 1.41. The maximum absolute atomic E-state index is 10.9. The molecule has 1 amide bonds. The van der Waals surface area contributed by atoms with Crippen LogP contribution in [0.15, 0.2) is 30.3 Å². The van der Waals surface area contributed by atoms with Gasteiger partial charge in [0, 0.05) is 25.3 Å². The highest BCUT2D eigenvalue weighted by molar-refractivity contribution is 8.13. The third-order valence-electron chi connectivity index (χ3n) is 2.11. The van der Waals surface area contributed by atoms with Gasteiger partial charge in [-0.15, -0.1) is 0 Å². The predicted molar refractivity (Wildman–Crippen MR) is 77.5 cm³/mol. The summed E-state index contributed by atoms with van der Waals surface area (Å²) in [7, 11) is 0. The normalized spacial score (nSPS) is 10.6. The van der Waals surface area contributed by atoms with Gasteiger partial charge in [0.15, 0.2) is 5.12 Å². The lowest BCUT2D eigenvalue weighted by molar-refractivity contribution is -0.114. The Bertz CT molecular complexity index is 455. The molecule has 1 aromatic rings. The number of benzene rings is 1. The molecule has 1 rings (SSSR count). The van der Waals surface area contributed by atoms with Crippen molar-refractivity contribution in [2.75, 3.05) is 11.1 Å². The smallest absolute Gasteiger partial charge is 0.221 e. The van der Waals surface area contributed by atoms with Gasteiger partial charge >= 0.3 is 0 Å². The van der Waals surface area contributed by atoms with Crippen molar-refractivity contribution in [2.24, 2.45) is 0 Å². The molecule has 1 N–H and O–H groups in total. The standard InChI is InChI=1S/C14H17NO2S/c1-11(16)15-14-8-5-7-13(10-14)6-3-4-9-18-12(2)17/h3,5-8,10H,4,9H2,1-2H3,(H,15,16). The van der Waals surface area contributed by atoms with Gasteiger partial charge in [0.1, 0.15) is 0 Å². The summed E-state index contributed by atoms with van der Waals surface area (Å²) in [6, 6.07) is 7.63. The molecule has 18 heavy (non-hydrogen) atoms. The Morgan fingerprint density at radius 3 is 2.78 bits per heavy atom. The Balaban J connectivity index is 2.48. The van der Waals surface area contributed by atoms with Crippen LogP contribution in [0.1, 0.15) is 25.8 Å². The van der Waals surface area contributed by atoms with Gasteiger partial charge in [-0.2, -0.15) is 0 Å². The number of carbonyl (C=O) groups is 2. The lowest BCUT2D eigenvalue weighted by Gasteiger charge is -2.02. The Morgan fingerprint density at radius 1 is 1.33 bits per heavy atom. The summed E-state index contributed by atoms with van der Waals surface area (Å²) < 4.78 is 0. The van der Waals surface area contributed by atoms with Crippen LogP contribution < -0.4 is 5.32 Å². The van der Waals surface area contributed by atoms with Crippen molar-refractivity contribution in [2.45, 2.75) is 20.3 Å². The second kappa shape index (κ2) is 7.71. The van der Waals surface area contributed by atoms with Crippen LogP contribution in [-0.2, 0) is 9.59 Å². The molecule has 0 aliphatic heterocycles. The monoisotopic (exact) mass is 263 g/mol. The lowest BCUT2D eigenvalue weighted by Crippen LogP contribution is -2.05. The van der Waals surface area contributed by atoms with Crippen molar-refractivity contribution in [3.05, 3.63) is 35.9 Å². The van der Waals surface area contributed by atoms with E-state index in [1.165, 1.54) is 18.7 Å². The highest BCUT2D eigenvalue weighted by Crippen LogP contribution is 2.12. The first-order valence-electron chi connectivity index (χ1n) is 5.75. The summed E-state index contributed by atoms with van der Waals surface area (Å²) >= 11 is 1.33. The number of hydrogen-bond acceptors (Lipinski definition) is 3. The van der Waals surface area contributed by atoms with Crippen molar-refractivity contribution in [1.29, 1.82) is 0 Å². The van der Waals surface area contributed by atoms with Gasteiger partial charge < -0.3 is 5.32 Å². The average molecular weight is 263 g/mol. The molecule has 0 spiro atoms. The fourth-order valence-corrected chi connectivity index (χ4v) is 1.95. The maximum atomic E-state index is 10.9. The van der Waals surface area contributed by atoms with E-state index >= 15 is 0 Å². The summed E-state index contributed by atoms with van der Waals surface area (Å²) in [6.45, 7) is 3.06. The molecule has 0 unspecified atom stereocenters. The van der Waals surface area contributed by atoms with Crippen molar-refractivity contribution >= 4 is 34.5 Å². The second-order valence-corrected chi connectivity index (χ2v) is 5.11. The molecule has 0 bridgehead atoms. The highest BCUT2D eigenvalue weighted by atomic mass is 32.2. The third-order valence-corrected chi connectivity index (χ3v) is 2.95. The molecule has 96 valence electrons. The molecule has 0 heterocycles. The number of amides is 1. The predicted octanol–water partition coefficient (Wildman–Crippen LogP) is 3.33. The number of nitrogens with one attached hydrogen (secondary N) is 1. The first-order chi connectivity index (χ1) is 8.58. The Kier molecular flexibility index (Phi) is 6.22. The summed E-state index contributed by atoms with van der Waals surface area (Å²) in [5.74, 6) is 0.728. The SMILES string of the molecule is CC(=O)Nc1cccc(C=CCCSC(C)=O)c1. The molecular weight excluding hydrogens is 246 g/mol. The second-order valence-electron chi connectivity index (χ2n) is 3.84. The first kappa shape index (κ1) is 14.5. The number of hydrogen-bond donors (Lipinski definition) is 1. The molecule has 0 fully saturated rings. The van der Waals surface area contributed by atoms with Gasteiger partial charge in [-0.1, -0.05) is 36.0 Å². The van der Waals surface area contributed by atoms with Crippen LogP contribution in [0, 0.1) is 0 Å². The zero-order valence-electron chi connectivity index (χ0n) is 10.6. The molecule has 3 nitrogen and oxygen atoms in total. The zero-order chi connectivity index (χ0) is 13.4. The van der Waals surface area contributed by atoms with Crippen molar-refractivity contribution in [1.82, 2.24) is 0 Å². The van der Waals surface area contributed by atoms with Crippen LogP contribution in [0.5, 0.6) is 0 Å². The Morgan fingerprint density at radius 2 is 2.11 bits per heavy atom. The van der Waals surface area contributed by atoms with Crippen molar-refractivity contribution in [3.8, 4) is 0 Å². The molecule has 0 radical (unpaired) electrons. The summed E-state index contributed by atoms with van der Waals surface area (Å²) in [5, 5.41) is 2.89. The van der Waals surface area contributed by atoms with Crippen LogP contribution in [0.25, 0.3) is 6.08 Å². The summed E-state index contributed by atoms with van der Waals surface area (Å²) in [6.07, 6.45) is 4.88. The van der Waals surface area contributed by atoms with Gasteiger partial charge in [0.25, 0.3) is 0 Å². The van der Waals surface area contributed by atoms with Crippen LogP contribution in [-0.4, -0.2) is 16.8 Å². The summed E-state index contributed by atoms with van der Waals surface area (Å²) in [4.78, 5) is 21.6. The molecular formula is C14H17NO2S. The van der Waals surface area contributed by atoms with Crippen LogP contribution in [0.4, 0.5) is 5.69 Å². The van der Waals surface area contributed by atoms with E-state index in [0.29, 0.717) is 0 Å². The molecule has 0 aliphatic rings. The average Bonchev–Trinajstić information content (AvgIpc) is 2.27. The van der Waals surface area contributed by atoms with Crippen molar-refractivity contribution in [3.63, 3.8) is 0 Å². The third kappa shape index (κ3) is 6.25. The van der Waals surface area contributed by atoms with E-state index < -0.39 is 0 Å². The lowest BCUT2D eigenvalue weighted by atomic mass is 10.2. The molecule has 4 heteroatoms. The van der Waals surface area contributed by atoms with E-state index in [0.717, 1.165) is 23.4 Å². The first-order valence-corrected chi connectivity index (χ1v) is 6.74. The van der Waals surface area contributed by atoms with E-state index in [9.17, 15) is 9.59 Å². The Hall–Kier alpha value is -1.55. The van der Waals surface area contributed by atoms with Crippen molar-refractivity contribution < 1.29 is 9.59 Å². The van der Waals surface area contributed by atoms with Crippen LogP contribution in [0.3, 0.4) is 0 Å². The largest absolute Gasteiger partial charge is 0.326 e. The number of carbonyl (C=O) groups excluding carboxylic acids is 2. The van der Waals surface area contributed by atoms with Crippen LogP contribution >= 0.6 is 11.8 Å². The summed E-state index contributed by atoms with van der Waals surface area (Å²) in [5.41, 5.74) is 1.83. The van der Waals surface area contributed by atoms with E-state index in [1.807, 2.05) is 36.4 Å². The number of allylic oxidation sites excluding steroid dienone is 1. The topological polar surface area (TPSA) is 46.2 Å². The minimum absolute atomic E-state index is 0.0750. The van der Waals surface area contributed by atoms with E-state index in [1.54, 1.807) is 6.92 Å². The molecule has 0 aromatic heterocycles.